The molecule has 0 heterocycles. The summed E-state index contributed by atoms with van der Waals surface area (Å²) in [5, 5.41) is 3.52. The first-order valence-electron chi connectivity index (χ1n) is 6.24. The Labute approximate surface area is 105 Å². The molecule has 0 radical (unpaired) electrons. The minimum Gasteiger partial charge on any atom is -0.378 e. The van der Waals surface area contributed by atoms with Gasteiger partial charge in [0.05, 0.1) is 0 Å². The predicted molar refractivity (Wildman–Crippen MR) is 76.5 cm³/mol. The zero-order valence-corrected chi connectivity index (χ0v) is 11.2. The van der Waals surface area contributed by atoms with Gasteiger partial charge in [0.1, 0.15) is 0 Å². The number of hydrogen-bond donors (Lipinski definition) is 1. The third-order valence-corrected chi connectivity index (χ3v) is 2.91. The van der Waals surface area contributed by atoms with Crippen molar-refractivity contribution in [1.29, 1.82) is 0 Å². The van der Waals surface area contributed by atoms with Crippen LogP contribution < -0.4 is 10.2 Å². The van der Waals surface area contributed by atoms with Crippen LogP contribution in [0.25, 0.3) is 0 Å². The van der Waals surface area contributed by atoms with E-state index in [1.165, 1.54) is 11.3 Å². The summed E-state index contributed by atoms with van der Waals surface area (Å²) in [4.78, 5) is 2.11. The SMILES string of the molecule is C=CCCC(C)NCc1ccc(N(C)C)cc1. The van der Waals surface area contributed by atoms with Crippen molar-refractivity contribution < 1.29 is 0 Å². The van der Waals surface area contributed by atoms with Crippen LogP contribution in [0.2, 0.25) is 0 Å². The normalized spacial score (nSPS) is 12.2. The highest BCUT2D eigenvalue weighted by Gasteiger charge is 2.00. The van der Waals surface area contributed by atoms with Gasteiger partial charge in [0, 0.05) is 32.4 Å². The second kappa shape index (κ2) is 7.13. The van der Waals surface area contributed by atoms with Crippen LogP contribution in [0.3, 0.4) is 0 Å². The van der Waals surface area contributed by atoms with Gasteiger partial charge < -0.3 is 10.2 Å². The summed E-state index contributed by atoms with van der Waals surface area (Å²) >= 11 is 0. The Kier molecular flexibility index (Phi) is 5.78. The summed E-state index contributed by atoms with van der Waals surface area (Å²) in [6.45, 7) is 6.90. The fourth-order valence-electron chi connectivity index (χ4n) is 1.67. The molecule has 0 saturated heterocycles. The van der Waals surface area contributed by atoms with Crippen LogP contribution in [0.1, 0.15) is 25.3 Å². The van der Waals surface area contributed by atoms with Crippen molar-refractivity contribution in [3.8, 4) is 0 Å². The highest BCUT2D eigenvalue weighted by Crippen LogP contribution is 2.12. The lowest BCUT2D eigenvalue weighted by Gasteiger charge is -2.15. The fraction of sp³-hybridized carbons (Fsp3) is 0.467. The average molecular weight is 232 g/mol. The van der Waals surface area contributed by atoms with E-state index in [-0.39, 0.29) is 0 Å². The maximum Gasteiger partial charge on any atom is 0.0361 e. The Hall–Kier alpha value is -1.28. The molecule has 1 atom stereocenters. The summed E-state index contributed by atoms with van der Waals surface area (Å²) in [5.41, 5.74) is 2.58. The molecule has 17 heavy (non-hydrogen) atoms. The van der Waals surface area contributed by atoms with Crippen LogP contribution in [-0.4, -0.2) is 20.1 Å². The quantitative estimate of drug-likeness (QED) is 0.726. The summed E-state index contributed by atoms with van der Waals surface area (Å²) < 4.78 is 0. The van der Waals surface area contributed by atoms with Gasteiger partial charge in [-0.1, -0.05) is 18.2 Å². The Morgan fingerprint density at radius 1 is 1.29 bits per heavy atom. The van der Waals surface area contributed by atoms with Crippen LogP contribution in [0, 0.1) is 0 Å². The van der Waals surface area contributed by atoms with Gasteiger partial charge >= 0.3 is 0 Å². The van der Waals surface area contributed by atoms with Gasteiger partial charge in [-0.15, -0.1) is 6.58 Å². The highest BCUT2D eigenvalue weighted by atomic mass is 15.1. The van der Waals surface area contributed by atoms with Crippen molar-refractivity contribution in [1.82, 2.24) is 5.32 Å². The molecule has 1 unspecified atom stereocenters. The fourth-order valence-corrected chi connectivity index (χ4v) is 1.67. The molecule has 0 spiro atoms. The third kappa shape index (κ3) is 5.05. The molecule has 1 N–H and O–H groups in total. The molecular formula is C15H24N2. The van der Waals surface area contributed by atoms with Gasteiger partial charge in [-0.3, -0.25) is 0 Å². The first kappa shape index (κ1) is 13.8. The summed E-state index contributed by atoms with van der Waals surface area (Å²) in [6, 6.07) is 9.23. The van der Waals surface area contributed by atoms with Gasteiger partial charge in [0.15, 0.2) is 0 Å². The molecule has 1 rings (SSSR count). The molecule has 0 aliphatic heterocycles. The largest absolute Gasteiger partial charge is 0.378 e. The number of allylic oxidation sites excluding steroid dienone is 1. The van der Waals surface area contributed by atoms with E-state index in [2.05, 4.69) is 62.1 Å². The minimum atomic E-state index is 0.543. The van der Waals surface area contributed by atoms with E-state index >= 15 is 0 Å². The Balaban J connectivity index is 2.39. The standard InChI is InChI=1S/C15H24N2/c1-5-6-7-13(2)16-12-14-8-10-15(11-9-14)17(3)4/h5,8-11,13,16H,1,6-7,12H2,2-4H3. The molecule has 1 aromatic carbocycles. The monoisotopic (exact) mass is 232 g/mol. The smallest absolute Gasteiger partial charge is 0.0361 e. The lowest BCUT2D eigenvalue weighted by atomic mass is 10.1. The van der Waals surface area contributed by atoms with E-state index in [1.807, 2.05) is 6.08 Å². The number of rotatable bonds is 7. The van der Waals surface area contributed by atoms with Gasteiger partial charge in [0.25, 0.3) is 0 Å². The van der Waals surface area contributed by atoms with E-state index in [4.69, 9.17) is 0 Å². The van der Waals surface area contributed by atoms with Gasteiger partial charge in [-0.2, -0.15) is 0 Å². The van der Waals surface area contributed by atoms with Gasteiger partial charge in [-0.25, -0.2) is 0 Å². The molecule has 0 fully saturated rings. The highest BCUT2D eigenvalue weighted by molar-refractivity contribution is 5.45. The van der Waals surface area contributed by atoms with Crippen molar-refractivity contribution in [2.24, 2.45) is 0 Å². The number of hydrogen-bond acceptors (Lipinski definition) is 2. The summed E-state index contributed by atoms with van der Waals surface area (Å²) in [6.07, 6.45) is 4.21. The van der Waals surface area contributed by atoms with Crippen LogP contribution in [0.15, 0.2) is 36.9 Å². The average Bonchev–Trinajstić information content (AvgIpc) is 2.34. The molecule has 2 heteroatoms. The lowest BCUT2D eigenvalue weighted by molar-refractivity contribution is 0.518. The molecule has 0 saturated carbocycles. The molecule has 1 aromatic rings. The summed E-state index contributed by atoms with van der Waals surface area (Å²) in [5.74, 6) is 0. The Morgan fingerprint density at radius 3 is 2.47 bits per heavy atom. The molecule has 0 aliphatic rings. The topological polar surface area (TPSA) is 15.3 Å². The van der Waals surface area contributed by atoms with Crippen molar-refractivity contribution in [3.05, 3.63) is 42.5 Å². The Morgan fingerprint density at radius 2 is 1.94 bits per heavy atom. The van der Waals surface area contributed by atoms with Crippen LogP contribution in [0.4, 0.5) is 5.69 Å². The van der Waals surface area contributed by atoms with Gasteiger partial charge in [-0.05, 0) is 37.5 Å². The van der Waals surface area contributed by atoms with E-state index in [9.17, 15) is 0 Å². The first-order chi connectivity index (χ1) is 8.13. The first-order valence-corrected chi connectivity index (χ1v) is 6.24. The van der Waals surface area contributed by atoms with Gasteiger partial charge in [0.2, 0.25) is 0 Å². The molecule has 0 aliphatic carbocycles. The number of benzene rings is 1. The molecule has 0 amide bonds. The van der Waals surface area contributed by atoms with Crippen molar-refractivity contribution in [2.75, 3.05) is 19.0 Å². The minimum absolute atomic E-state index is 0.543. The second-order valence-corrected chi connectivity index (χ2v) is 4.71. The van der Waals surface area contributed by atoms with Crippen molar-refractivity contribution >= 4 is 5.69 Å². The van der Waals surface area contributed by atoms with E-state index in [0.29, 0.717) is 6.04 Å². The molecule has 94 valence electrons. The maximum atomic E-state index is 3.74. The van der Waals surface area contributed by atoms with E-state index in [0.717, 1.165) is 19.4 Å². The second-order valence-electron chi connectivity index (χ2n) is 4.71. The molecule has 2 nitrogen and oxygen atoms in total. The zero-order valence-electron chi connectivity index (χ0n) is 11.2. The molecule has 0 aromatic heterocycles. The number of nitrogens with one attached hydrogen (secondary N) is 1. The lowest BCUT2D eigenvalue weighted by Crippen LogP contribution is -2.25. The van der Waals surface area contributed by atoms with Crippen molar-refractivity contribution in [3.63, 3.8) is 0 Å². The zero-order chi connectivity index (χ0) is 12.7. The molecule has 0 bridgehead atoms. The van der Waals surface area contributed by atoms with Crippen LogP contribution in [-0.2, 0) is 6.54 Å². The Bertz CT molecular complexity index is 327. The molecular weight excluding hydrogens is 208 g/mol. The number of nitrogens with zero attached hydrogens (tertiary/aromatic N) is 1. The maximum absolute atomic E-state index is 3.74. The van der Waals surface area contributed by atoms with E-state index < -0.39 is 0 Å². The summed E-state index contributed by atoms with van der Waals surface area (Å²) in [7, 11) is 4.12. The number of anilines is 1. The van der Waals surface area contributed by atoms with E-state index in [1.54, 1.807) is 0 Å². The van der Waals surface area contributed by atoms with Crippen LogP contribution in [0.5, 0.6) is 0 Å². The van der Waals surface area contributed by atoms with Crippen LogP contribution >= 0.6 is 0 Å². The predicted octanol–water partition coefficient (Wildman–Crippen LogP) is 3.20. The third-order valence-electron chi connectivity index (χ3n) is 2.91. The van der Waals surface area contributed by atoms with Crippen molar-refractivity contribution in [2.45, 2.75) is 32.4 Å².